The van der Waals surface area contributed by atoms with Crippen LogP contribution in [0.3, 0.4) is 0 Å². The lowest BCUT2D eigenvalue weighted by Crippen LogP contribution is -2.47. The van der Waals surface area contributed by atoms with E-state index in [0.717, 1.165) is 26.3 Å². The summed E-state index contributed by atoms with van der Waals surface area (Å²) >= 11 is 0. The third-order valence-electron chi connectivity index (χ3n) is 10.9. The zero-order valence-corrected chi connectivity index (χ0v) is 38.9. The molecule has 4 aliphatic rings. The zero-order valence-electron chi connectivity index (χ0n) is 35.3. The lowest BCUT2D eigenvalue weighted by atomic mass is 9.81. The van der Waals surface area contributed by atoms with Crippen LogP contribution in [0.1, 0.15) is 44.1 Å². The summed E-state index contributed by atoms with van der Waals surface area (Å²) in [5.41, 5.74) is 0.838. The molecule has 4 fully saturated rings. The average Bonchev–Trinajstić information content (AvgIpc) is 3.50. The van der Waals surface area contributed by atoms with E-state index in [1.54, 1.807) is 33.1 Å². The Hall–Kier alpha value is -3.05. The van der Waals surface area contributed by atoms with Gasteiger partial charge in [0.15, 0.2) is 0 Å². The fourth-order valence-corrected chi connectivity index (χ4v) is 12.7. The maximum absolute atomic E-state index is 13.5. The first-order valence-electron chi connectivity index (χ1n) is 19.8. The maximum Gasteiger partial charge on any atom is 0.424 e. The highest BCUT2D eigenvalue weighted by Gasteiger charge is 2.57. The summed E-state index contributed by atoms with van der Waals surface area (Å²) < 4.78 is 68.2. The number of benzene rings is 1. The molecule has 6 atom stereocenters. The molecule has 5 rings (SSSR count). The quantitative estimate of drug-likeness (QED) is 0.331. The Morgan fingerprint density at radius 3 is 1.65 bits per heavy atom. The standard InChI is InChI=1S/C22H35N3O5SSi.C15H29N3O5SSi/c1-23(2)21(26)18-11-12-19-20(15-18)24(16-17-9-7-6-8-10-17)31(28,29)25(19)22(27)30-13-14-32(3,4)5;1-17(2)14(19)11-6-7-13-12(10-11)16-24(21,22)18(13)15(20)23-8-9-25(3,4)5/h6-10,18-20H,11-16H2,1-5H3;11-13,16H,6-10H2,1-5H3/t18-,19-,20+;11-,12+,13-/m00/s1. The van der Waals surface area contributed by atoms with Crippen molar-refractivity contribution < 1.29 is 45.5 Å². The van der Waals surface area contributed by atoms with E-state index < -0.39 is 72.9 Å². The van der Waals surface area contributed by atoms with Gasteiger partial charge in [-0.25, -0.2) is 9.59 Å². The first kappa shape index (κ1) is 46.6. The predicted octanol–water partition coefficient (Wildman–Crippen LogP) is 4.39. The molecule has 2 aliphatic carbocycles. The molecule has 1 aromatic rings. The summed E-state index contributed by atoms with van der Waals surface area (Å²) in [6, 6.07) is 9.00. The summed E-state index contributed by atoms with van der Waals surface area (Å²) in [6.45, 7) is 13.6. The Kier molecular flexibility index (Phi) is 15.1. The van der Waals surface area contributed by atoms with Gasteiger partial charge in [0.1, 0.15) is 0 Å². The van der Waals surface area contributed by atoms with E-state index in [-0.39, 0.29) is 43.4 Å². The number of rotatable bonds is 10. The van der Waals surface area contributed by atoms with E-state index in [1.807, 2.05) is 30.3 Å². The van der Waals surface area contributed by atoms with Gasteiger partial charge in [-0.05, 0) is 56.2 Å². The molecule has 0 spiro atoms. The van der Waals surface area contributed by atoms with Crippen molar-refractivity contribution in [2.24, 2.45) is 11.8 Å². The van der Waals surface area contributed by atoms with Gasteiger partial charge in [-0.3, -0.25) is 9.59 Å². The number of amides is 4. The van der Waals surface area contributed by atoms with Crippen molar-refractivity contribution in [1.82, 2.24) is 27.4 Å². The molecule has 2 heterocycles. The van der Waals surface area contributed by atoms with Gasteiger partial charge in [0.25, 0.3) is 0 Å². The van der Waals surface area contributed by atoms with Crippen molar-refractivity contribution in [2.75, 3.05) is 41.4 Å². The zero-order chi connectivity index (χ0) is 42.7. The van der Waals surface area contributed by atoms with Gasteiger partial charge >= 0.3 is 32.6 Å². The number of hydrogen-bond acceptors (Lipinski definition) is 10. The van der Waals surface area contributed by atoms with Crippen molar-refractivity contribution in [1.29, 1.82) is 0 Å². The molecule has 0 bridgehead atoms. The molecule has 1 N–H and O–H groups in total. The van der Waals surface area contributed by atoms with Crippen molar-refractivity contribution >= 4 is 60.6 Å². The van der Waals surface area contributed by atoms with Crippen molar-refractivity contribution in [3.8, 4) is 0 Å². The van der Waals surface area contributed by atoms with Gasteiger partial charge in [-0.2, -0.15) is 34.5 Å². The number of fused-ring (bicyclic) bond motifs is 2. The third-order valence-corrected chi connectivity index (χ3v) is 17.8. The molecule has 0 aromatic heterocycles. The number of carbonyl (C=O) groups excluding carboxylic acids is 4. The SMILES string of the molecule is CN(C)C(=O)[C@H]1CC[C@H]2[C@@H](C1)N(Cc1ccccc1)S(=O)(=O)N2C(=O)OCC[Si](C)(C)C.CN(C)C(=O)[C@H]1CC[C@H]2[C@@H](C1)NS(=O)(=O)N2C(=O)OCC[Si](C)(C)C. The fourth-order valence-electron chi connectivity index (χ4n) is 7.78. The first-order chi connectivity index (χ1) is 26.3. The summed E-state index contributed by atoms with van der Waals surface area (Å²) in [6.07, 6.45) is 1.21. The maximum atomic E-state index is 13.5. The predicted molar refractivity (Wildman–Crippen MR) is 223 cm³/mol. The molecule has 2 saturated carbocycles. The van der Waals surface area contributed by atoms with E-state index in [0.29, 0.717) is 38.5 Å². The second kappa shape index (κ2) is 18.5. The van der Waals surface area contributed by atoms with Crippen LogP contribution in [0, 0.1) is 11.8 Å². The minimum atomic E-state index is -4.06. The number of carbonyl (C=O) groups is 4. The third kappa shape index (κ3) is 11.8. The molecule has 1 aromatic carbocycles. The van der Waals surface area contributed by atoms with Gasteiger partial charge in [-0.15, -0.1) is 0 Å². The van der Waals surface area contributed by atoms with Crippen molar-refractivity contribution in [3.05, 3.63) is 35.9 Å². The first-order valence-corrected chi connectivity index (χ1v) is 30.0. The van der Waals surface area contributed by atoms with Crippen molar-refractivity contribution in [2.45, 2.75) is 121 Å². The van der Waals surface area contributed by atoms with Gasteiger partial charge < -0.3 is 19.3 Å². The summed E-state index contributed by atoms with van der Waals surface area (Å²) in [5.74, 6) is -0.491. The van der Waals surface area contributed by atoms with Crippen LogP contribution >= 0.6 is 0 Å². The fraction of sp³-hybridized carbons (Fsp3) is 0.730. The summed E-state index contributed by atoms with van der Waals surface area (Å²) in [5, 5.41) is 0. The Balaban J connectivity index is 0.000000261. The molecule has 4 amide bonds. The molecular formula is C37H64N6O10S2Si2. The van der Waals surface area contributed by atoms with Crippen LogP contribution in [0.15, 0.2) is 30.3 Å². The van der Waals surface area contributed by atoms with Gasteiger partial charge in [0.2, 0.25) is 11.8 Å². The molecular weight excluding hydrogens is 809 g/mol. The smallest absolute Gasteiger partial charge is 0.424 e. The minimum Gasteiger partial charge on any atom is -0.449 e. The number of nitrogens with zero attached hydrogens (tertiary/aromatic N) is 5. The molecule has 0 radical (unpaired) electrons. The molecule has 20 heteroatoms. The van der Waals surface area contributed by atoms with E-state index in [1.165, 1.54) is 9.21 Å². The van der Waals surface area contributed by atoms with E-state index >= 15 is 0 Å². The second-order valence-electron chi connectivity index (χ2n) is 18.4. The number of hydrogen-bond donors (Lipinski definition) is 1. The lowest BCUT2D eigenvalue weighted by molar-refractivity contribution is -0.135. The molecule has 16 nitrogen and oxygen atoms in total. The molecule has 322 valence electrons. The van der Waals surface area contributed by atoms with Crippen LogP contribution in [0.5, 0.6) is 0 Å². The van der Waals surface area contributed by atoms with Crippen LogP contribution in [0.25, 0.3) is 0 Å². The molecule has 2 aliphatic heterocycles. The van der Waals surface area contributed by atoms with Crippen LogP contribution < -0.4 is 4.72 Å². The van der Waals surface area contributed by atoms with E-state index in [2.05, 4.69) is 44.0 Å². The number of ether oxygens (including phenoxy) is 2. The minimum absolute atomic E-state index is 0.00308. The number of nitrogens with one attached hydrogen (secondary N) is 1. The second-order valence-corrected chi connectivity index (χ2v) is 33.0. The van der Waals surface area contributed by atoms with Crippen LogP contribution in [0.2, 0.25) is 51.4 Å². The van der Waals surface area contributed by atoms with Crippen LogP contribution in [-0.2, 0) is 46.0 Å². The molecule has 57 heavy (non-hydrogen) atoms. The monoisotopic (exact) mass is 872 g/mol. The van der Waals surface area contributed by atoms with E-state index in [9.17, 15) is 36.0 Å². The van der Waals surface area contributed by atoms with Crippen molar-refractivity contribution in [3.63, 3.8) is 0 Å². The van der Waals surface area contributed by atoms with Crippen LogP contribution in [0.4, 0.5) is 9.59 Å². The highest BCUT2D eigenvalue weighted by atomic mass is 32.2. The highest BCUT2D eigenvalue weighted by Crippen LogP contribution is 2.42. The van der Waals surface area contributed by atoms with Gasteiger partial charge in [-0.1, -0.05) is 69.6 Å². The Labute approximate surface area is 342 Å². The highest BCUT2D eigenvalue weighted by molar-refractivity contribution is 7.88. The van der Waals surface area contributed by atoms with Gasteiger partial charge in [0.05, 0.1) is 25.3 Å². The van der Waals surface area contributed by atoms with Crippen LogP contribution in [-0.4, -0.2) is 145 Å². The summed E-state index contributed by atoms with van der Waals surface area (Å²) in [4.78, 5) is 53.2. The Morgan fingerprint density at radius 1 is 0.684 bits per heavy atom. The van der Waals surface area contributed by atoms with E-state index in [4.69, 9.17) is 9.47 Å². The molecule has 0 unspecified atom stereocenters. The Morgan fingerprint density at radius 2 is 1.16 bits per heavy atom. The lowest BCUT2D eigenvalue weighted by Gasteiger charge is -2.34. The molecule has 2 saturated heterocycles. The van der Waals surface area contributed by atoms with Gasteiger partial charge in [0, 0.05) is 74.8 Å². The average molecular weight is 873 g/mol. The Bertz CT molecular complexity index is 1820. The largest absolute Gasteiger partial charge is 0.449 e. The topological polar surface area (TPSA) is 183 Å². The summed E-state index contributed by atoms with van der Waals surface area (Å²) in [7, 11) is -3.97. The normalized spacial score (nSPS) is 26.6.